The topological polar surface area (TPSA) is 112 Å². The van der Waals surface area contributed by atoms with Crippen LogP contribution in [-0.4, -0.2) is 22.0 Å². The lowest BCUT2D eigenvalue weighted by molar-refractivity contribution is -0.130. The van der Waals surface area contributed by atoms with Gasteiger partial charge in [0.05, 0.1) is 5.56 Å². The highest BCUT2D eigenvalue weighted by Gasteiger charge is 2.19. The molecule has 0 radical (unpaired) electrons. The van der Waals surface area contributed by atoms with Crippen molar-refractivity contribution in [2.24, 2.45) is 0 Å². The molecule has 90 valence electrons. The van der Waals surface area contributed by atoms with E-state index < -0.39 is 12.0 Å². The largest absolute Gasteiger partial charge is 0.383 e. The molecule has 6 heteroatoms. The van der Waals surface area contributed by atoms with Crippen LogP contribution in [0.2, 0.25) is 0 Å². The molecule has 1 heterocycles. The van der Waals surface area contributed by atoms with E-state index in [4.69, 9.17) is 11.0 Å². The number of aliphatic hydroxyl groups excluding tert-OH is 1. The van der Waals surface area contributed by atoms with Crippen molar-refractivity contribution in [3.05, 3.63) is 23.4 Å². The number of aromatic nitrogens is 1. The number of nitrogens with one attached hydrogen (secondary N) is 1. The summed E-state index contributed by atoms with van der Waals surface area (Å²) in [5.74, 6) is -0.455. The summed E-state index contributed by atoms with van der Waals surface area (Å²) >= 11 is 0. The highest BCUT2D eigenvalue weighted by Crippen LogP contribution is 2.16. The molecular weight excluding hydrogens is 220 g/mol. The van der Waals surface area contributed by atoms with Crippen molar-refractivity contribution >= 4 is 11.7 Å². The summed E-state index contributed by atoms with van der Waals surface area (Å²) in [6.45, 7) is 3.57. The van der Waals surface area contributed by atoms with Crippen LogP contribution < -0.4 is 11.1 Å². The van der Waals surface area contributed by atoms with Crippen LogP contribution in [-0.2, 0) is 4.79 Å². The van der Waals surface area contributed by atoms with Crippen LogP contribution in [0.1, 0.15) is 31.1 Å². The van der Waals surface area contributed by atoms with Gasteiger partial charge in [-0.2, -0.15) is 5.26 Å². The van der Waals surface area contributed by atoms with Crippen LogP contribution in [0.3, 0.4) is 0 Å². The summed E-state index contributed by atoms with van der Waals surface area (Å²) in [4.78, 5) is 15.3. The van der Waals surface area contributed by atoms with Gasteiger partial charge in [-0.15, -0.1) is 0 Å². The third kappa shape index (κ3) is 3.16. The van der Waals surface area contributed by atoms with Crippen molar-refractivity contribution in [2.75, 3.05) is 5.73 Å². The van der Waals surface area contributed by atoms with Crippen molar-refractivity contribution in [3.8, 4) is 6.07 Å². The Kier molecular flexibility index (Phi) is 4.01. The molecule has 0 spiro atoms. The van der Waals surface area contributed by atoms with Gasteiger partial charge in [0.15, 0.2) is 6.10 Å². The minimum Gasteiger partial charge on any atom is -0.383 e. The Morgan fingerprint density at radius 1 is 1.65 bits per heavy atom. The molecule has 1 amide bonds. The molecule has 0 bridgehead atoms. The maximum atomic E-state index is 11.5. The molecule has 1 aromatic rings. The number of aliphatic hydroxyl groups is 1. The summed E-state index contributed by atoms with van der Waals surface area (Å²) in [5.41, 5.74) is 5.82. The van der Waals surface area contributed by atoms with E-state index in [0.29, 0.717) is 0 Å². The fourth-order valence-electron chi connectivity index (χ4n) is 1.25. The number of carbonyl (C=O) groups is 1. The van der Waals surface area contributed by atoms with Gasteiger partial charge in [0.25, 0.3) is 5.91 Å². The smallest absolute Gasteiger partial charge is 0.253 e. The van der Waals surface area contributed by atoms with Gasteiger partial charge in [-0.3, -0.25) is 4.79 Å². The van der Waals surface area contributed by atoms with E-state index in [1.807, 2.05) is 6.07 Å². The molecule has 1 unspecified atom stereocenters. The number of hydrogen-bond donors (Lipinski definition) is 3. The highest BCUT2D eigenvalue weighted by atomic mass is 16.3. The monoisotopic (exact) mass is 234 g/mol. The lowest BCUT2D eigenvalue weighted by Crippen LogP contribution is -2.34. The van der Waals surface area contributed by atoms with Crippen LogP contribution in [0.15, 0.2) is 12.3 Å². The summed E-state index contributed by atoms with van der Waals surface area (Å²) in [6, 6.07) is 3.12. The van der Waals surface area contributed by atoms with Crippen LogP contribution in [0.4, 0.5) is 5.82 Å². The molecule has 4 N–H and O–H groups in total. The van der Waals surface area contributed by atoms with E-state index in [0.717, 1.165) is 0 Å². The molecule has 1 rings (SSSR count). The molecule has 17 heavy (non-hydrogen) atoms. The third-order valence-corrected chi connectivity index (χ3v) is 2.06. The van der Waals surface area contributed by atoms with Crippen molar-refractivity contribution in [1.29, 1.82) is 5.26 Å². The first-order chi connectivity index (χ1) is 7.95. The first kappa shape index (κ1) is 12.9. The Balaban J connectivity index is 2.93. The van der Waals surface area contributed by atoms with Crippen LogP contribution in [0, 0.1) is 11.3 Å². The normalized spacial score (nSPS) is 11.9. The second-order valence-corrected chi connectivity index (χ2v) is 3.88. The van der Waals surface area contributed by atoms with Crippen molar-refractivity contribution in [2.45, 2.75) is 26.0 Å². The number of nitriles is 1. The number of carbonyl (C=O) groups excluding carboxylic acids is 1. The van der Waals surface area contributed by atoms with Gasteiger partial charge in [-0.1, -0.05) is 0 Å². The number of rotatable bonds is 3. The van der Waals surface area contributed by atoms with E-state index in [1.54, 1.807) is 13.8 Å². The summed E-state index contributed by atoms with van der Waals surface area (Å²) < 4.78 is 0. The highest BCUT2D eigenvalue weighted by molar-refractivity contribution is 5.82. The zero-order valence-corrected chi connectivity index (χ0v) is 9.64. The first-order valence-electron chi connectivity index (χ1n) is 5.09. The van der Waals surface area contributed by atoms with E-state index in [-0.39, 0.29) is 23.0 Å². The zero-order chi connectivity index (χ0) is 13.0. The van der Waals surface area contributed by atoms with Gasteiger partial charge < -0.3 is 16.2 Å². The molecule has 0 saturated heterocycles. The van der Waals surface area contributed by atoms with E-state index in [9.17, 15) is 9.90 Å². The molecule has 0 aromatic carbocycles. The van der Waals surface area contributed by atoms with E-state index in [2.05, 4.69) is 10.3 Å². The Morgan fingerprint density at radius 3 is 2.82 bits per heavy atom. The van der Waals surface area contributed by atoms with Crippen LogP contribution in [0.5, 0.6) is 0 Å². The van der Waals surface area contributed by atoms with Gasteiger partial charge >= 0.3 is 0 Å². The molecule has 0 aliphatic heterocycles. The standard InChI is InChI=1S/C11H14N4O2/c1-6(2)15-11(17)9(16)8-3-7(4-12)10(13)14-5-8/h3,5-6,9,16H,1-2H3,(H2,13,14)(H,15,17). The first-order valence-corrected chi connectivity index (χ1v) is 5.09. The maximum absolute atomic E-state index is 11.5. The molecule has 6 nitrogen and oxygen atoms in total. The average Bonchev–Trinajstić information content (AvgIpc) is 2.27. The minimum absolute atomic E-state index is 0.0747. The Labute approximate surface area is 99.1 Å². The second kappa shape index (κ2) is 5.27. The summed E-state index contributed by atoms with van der Waals surface area (Å²) in [7, 11) is 0. The van der Waals surface area contributed by atoms with Crippen LogP contribution in [0.25, 0.3) is 0 Å². The minimum atomic E-state index is -1.35. The third-order valence-electron chi connectivity index (χ3n) is 2.06. The van der Waals surface area contributed by atoms with Crippen molar-refractivity contribution < 1.29 is 9.90 Å². The maximum Gasteiger partial charge on any atom is 0.253 e. The van der Waals surface area contributed by atoms with E-state index in [1.165, 1.54) is 12.3 Å². The van der Waals surface area contributed by atoms with E-state index >= 15 is 0 Å². The second-order valence-electron chi connectivity index (χ2n) is 3.88. The predicted molar refractivity (Wildman–Crippen MR) is 61.6 cm³/mol. The Morgan fingerprint density at radius 2 is 2.29 bits per heavy atom. The number of anilines is 1. The number of amides is 1. The van der Waals surface area contributed by atoms with Gasteiger partial charge in [0, 0.05) is 17.8 Å². The van der Waals surface area contributed by atoms with Gasteiger partial charge in [0.2, 0.25) is 0 Å². The Bertz CT molecular complexity index is 465. The fraction of sp³-hybridized carbons (Fsp3) is 0.364. The molecule has 0 aliphatic carbocycles. The van der Waals surface area contributed by atoms with Gasteiger partial charge in [-0.05, 0) is 19.9 Å². The van der Waals surface area contributed by atoms with Crippen molar-refractivity contribution in [1.82, 2.24) is 10.3 Å². The fourth-order valence-corrected chi connectivity index (χ4v) is 1.25. The molecule has 0 aliphatic rings. The molecular formula is C11H14N4O2. The number of pyridine rings is 1. The van der Waals surface area contributed by atoms with Gasteiger partial charge in [-0.25, -0.2) is 4.98 Å². The zero-order valence-electron chi connectivity index (χ0n) is 9.64. The SMILES string of the molecule is CC(C)NC(=O)C(O)c1cnc(N)c(C#N)c1. The molecule has 0 saturated carbocycles. The predicted octanol–water partition coefficient (Wildman–Crippen LogP) is 0.0935. The van der Waals surface area contributed by atoms with Gasteiger partial charge in [0.1, 0.15) is 11.9 Å². The van der Waals surface area contributed by atoms with Crippen LogP contribution >= 0.6 is 0 Å². The average molecular weight is 234 g/mol. The number of nitrogen functional groups attached to an aromatic ring is 1. The lowest BCUT2D eigenvalue weighted by atomic mass is 10.1. The quantitative estimate of drug-likeness (QED) is 0.686. The molecule has 1 aromatic heterocycles. The number of nitrogens with zero attached hydrogens (tertiary/aromatic N) is 2. The summed E-state index contributed by atoms with van der Waals surface area (Å²) in [6.07, 6.45) is -0.0709. The van der Waals surface area contributed by atoms with Crippen molar-refractivity contribution in [3.63, 3.8) is 0 Å². The Hall–Kier alpha value is -2.13. The number of nitrogens with two attached hydrogens (primary N) is 1. The molecule has 0 fully saturated rings. The number of hydrogen-bond acceptors (Lipinski definition) is 5. The lowest BCUT2D eigenvalue weighted by Gasteiger charge is -2.14. The molecule has 1 atom stereocenters. The summed E-state index contributed by atoms with van der Waals surface area (Å²) in [5, 5.41) is 21.1.